The Morgan fingerprint density at radius 1 is 1.25 bits per heavy atom. The first-order valence-corrected chi connectivity index (χ1v) is 6.03. The van der Waals surface area contributed by atoms with Crippen LogP contribution in [0.2, 0.25) is 0 Å². The Morgan fingerprint density at radius 3 is 2.56 bits per heavy atom. The highest BCUT2D eigenvalue weighted by Gasteiger charge is 2.35. The number of nitrogens with zero attached hydrogens (tertiary/aromatic N) is 1. The summed E-state index contributed by atoms with van der Waals surface area (Å²) in [6, 6.07) is -0.129. The molecule has 4 heteroatoms. The van der Waals surface area contributed by atoms with Crippen molar-refractivity contribution in [3.8, 4) is 0 Å². The van der Waals surface area contributed by atoms with Crippen molar-refractivity contribution in [3.63, 3.8) is 0 Å². The molecule has 1 heterocycles. The smallest absolute Gasteiger partial charge is 0.0618 e. The molecule has 0 aromatic carbocycles. The van der Waals surface area contributed by atoms with Gasteiger partial charge >= 0.3 is 0 Å². The highest BCUT2D eigenvalue weighted by Crippen LogP contribution is 2.23. The summed E-state index contributed by atoms with van der Waals surface area (Å²) in [5.41, 5.74) is 0. The van der Waals surface area contributed by atoms with Gasteiger partial charge in [-0.05, 0) is 12.8 Å². The Balaban J connectivity index is 2.59. The molecular formula is C12H23NO3. The molecule has 1 saturated heterocycles. The molecule has 1 unspecified atom stereocenters. The van der Waals surface area contributed by atoms with Gasteiger partial charge in [-0.1, -0.05) is 19.1 Å². The molecule has 0 radical (unpaired) electrons. The van der Waals surface area contributed by atoms with Gasteiger partial charge in [-0.15, -0.1) is 0 Å². The molecule has 0 saturated carbocycles. The van der Waals surface area contributed by atoms with Crippen LogP contribution < -0.4 is 0 Å². The van der Waals surface area contributed by atoms with E-state index in [2.05, 4.69) is 24.0 Å². The van der Waals surface area contributed by atoms with Crippen LogP contribution in [0.15, 0.2) is 12.2 Å². The van der Waals surface area contributed by atoms with Crippen molar-refractivity contribution in [3.05, 3.63) is 12.2 Å². The first-order valence-electron chi connectivity index (χ1n) is 6.03. The summed E-state index contributed by atoms with van der Waals surface area (Å²) in [4.78, 5) is 2.12. The number of rotatable bonds is 5. The van der Waals surface area contributed by atoms with Crippen molar-refractivity contribution in [2.24, 2.45) is 5.92 Å². The zero-order valence-corrected chi connectivity index (χ0v) is 9.92. The van der Waals surface area contributed by atoms with Crippen LogP contribution in [0.5, 0.6) is 0 Å². The molecule has 1 aliphatic heterocycles. The maximum Gasteiger partial charge on any atom is 0.0618 e. The molecule has 0 bridgehead atoms. The number of allylic oxidation sites excluding steroid dienone is 1. The zero-order valence-electron chi connectivity index (χ0n) is 9.92. The lowest BCUT2D eigenvalue weighted by Gasteiger charge is -2.42. The Bertz CT molecular complexity index is 220. The van der Waals surface area contributed by atoms with Crippen LogP contribution in [0.3, 0.4) is 0 Å². The van der Waals surface area contributed by atoms with Crippen molar-refractivity contribution in [1.29, 1.82) is 0 Å². The largest absolute Gasteiger partial charge is 0.396 e. The van der Waals surface area contributed by atoms with Crippen LogP contribution in [-0.2, 0) is 0 Å². The lowest BCUT2D eigenvalue weighted by atomic mass is 9.87. The standard InChI is InChI=1S/C12H23NO3/c1-2-3-4-6-13-7-5-12(16)10(8-14)11(13)9-15/h3-4,10-12,14-16H,2,5-9H2,1H3/b4-3+/t10?,11-,12-/m1/s1. The van der Waals surface area contributed by atoms with Gasteiger partial charge in [0, 0.05) is 31.7 Å². The molecule has 0 aromatic heterocycles. The van der Waals surface area contributed by atoms with Gasteiger partial charge in [0.05, 0.1) is 12.7 Å². The molecule has 4 nitrogen and oxygen atoms in total. The first-order chi connectivity index (χ1) is 7.74. The fourth-order valence-electron chi connectivity index (χ4n) is 2.30. The van der Waals surface area contributed by atoms with Gasteiger partial charge < -0.3 is 15.3 Å². The maximum atomic E-state index is 9.74. The van der Waals surface area contributed by atoms with E-state index < -0.39 is 6.10 Å². The number of hydrogen-bond donors (Lipinski definition) is 3. The Morgan fingerprint density at radius 2 is 2.00 bits per heavy atom. The summed E-state index contributed by atoms with van der Waals surface area (Å²) < 4.78 is 0. The van der Waals surface area contributed by atoms with E-state index in [1.807, 2.05) is 0 Å². The SMILES string of the molecule is CC/C=C/CN1CC[C@@H](O)C(CO)[C@H]1CO. The molecular weight excluding hydrogens is 206 g/mol. The van der Waals surface area contributed by atoms with Crippen molar-refractivity contribution >= 4 is 0 Å². The number of likely N-dealkylation sites (tertiary alicyclic amines) is 1. The summed E-state index contributed by atoms with van der Waals surface area (Å²) in [5, 5.41) is 28.3. The van der Waals surface area contributed by atoms with Crippen LogP contribution in [0, 0.1) is 5.92 Å². The second-order valence-electron chi connectivity index (χ2n) is 4.33. The second kappa shape index (κ2) is 7.01. The maximum absolute atomic E-state index is 9.74. The molecule has 0 amide bonds. The molecule has 0 aliphatic carbocycles. The van der Waals surface area contributed by atoms with Gasteiger partial charge in [-0.3, -0.25) is 4.90 Å². The van der Waals surface area contributed by atoms with Gasteiger partial charge in [0.1, 0.15) is 0 Å². The van der Waals surface area contributed by atoms with E-state index >= 15 is 0 Å². The van der Waals surface area contributed by atoms with Crippen LogP contribution in [-0.4, -0.2) is 58.7 Å². The van der Waals surface area contributed by atoms with E-state index in [1.165, 1.54) is 0 Å². The minimum absolute atomic E-state index is 0.0117. The topological polar surface area (TPSA) is 63.9 Å². The number of aliphatic hydroxyl groups excluding tert-OH is 3. The molecule has 1 rings (SSSR count). The van der Waals surface area contributed by atoms with Gasteiger partial charge in [-0.25, -0.2) is 0 Å². The summed E-state index contributed by atoms with van der Waals surface area (Å²) in [6.45, 7) is 3.55. The normalized spacial score (nSPS) is 32.4. The average Bonchev–Trinajstić information content (AvgIpc) is 2.30. The third-order valence-electron chi connectivity index (χ3n) is 3.31. The number of aliphatic hydroxyl groups is 3. The van der Waals surface area contributed by atoms with E-state index in [1.54, 1.807) is 0 Å². The summed E-state index contributed by atoms with van der Waals surface area (Å²) in [7, 11) is 0. The summed E-state index contributed by atoms with van der Waals surface area (Å²) in [5.74, 6) is -0.228. The quantitative estimate of drug-likeness (QED) is 0.580. The van der Waals surface area contributed by atoms with Gasteiger partial charge in [0.25, 0.3) is 0 Å². The third kappa shape index (κ3) is 3.28. The summed E-state index contributed by atoms with van der Waals surface area (Å²) >= 11 is 0. The molecule has 0 aromatic rings. The van der Waals surface area contributed by atoms with Crippen molar-refractivity contribution < 1.29 is 15.3 Å². The van der Waals surface area contributed by atoms with E-state index in [9.17, 15) is 15.3 Å². The van der Waals surface area contributed by atoms with E-state index in [0.717, 1.165) is 19.5 Å². The second-order valence-corrected chi connectivity index (χ2v) is 4.33. The fraction of sp³-hybridized carbons (Fsp3) is 0.833. The molecule has 3 atom stereocenters. The van der Waals surface area contributed by atoms with Crippen molar-refractivity contribution in [2.45, 2.75) is 31.9 Å². The van der Waals surface area contributed by atoms with Gasteiger partial charge in [-0.2, -0.15) is 0 Å². The first kappa shape index (κ1) is 13.6. The number of hydrogen-bond acceptors (Lipinski definition) is 4. The van der Waals surface area contributed by atoms with Crippen molar-refractivity contribution in [1.82, 2.24) is 4.90 Å². The number of piperidine rings is 1. The fourth-order valence-corrected chi connectivity index (χ4v) is 2.30. The summed E-state index contributed by atoms with van der Waals surface area (Å²) in [6.07, 6.45) is 5.35. The predicted molar refractivity (Wildman–Crippen MR) is 63.1 cm³/mol. The van der Waals surface area contributed by atoms with Crippen molar-refractivity contribution in [2.75, 3.05) is 26.3 Å². The van der Waals surface area contributed by atoms with Crippen LogP contribution in [0.25, 0.3) is 0 Å². The molecule has 0 spiro atoms. The minimum atomic E-state index is -0.492. The third-order valence-corrected chi connectivity index (χ3v) is 3.31. The molecule has 1 fully saturated rings. The van der Waals surface area contributed by atoms with Crippen LogP contribution in [0.1, 0.15) is 19.8 Å². The van der Waals surface area contributed by atoms with Gasteiger partial charge in [0.15, 0.2) is 0 Å². The van der Waals surface area contributed by atoms with E-state index in [4.69, 9.17) is 0 Å². The zero-order chi connectivity index (χ0) is 12.0. The highest BCUT2D eigenvalue weighted by molar-refractivity contribution is 4.93. The Kier molecular flexibility index (Phi) is 5.98. The minimum Gasteiger partial charge on any atom is -0.396 e. The van der Waals surface area contributed by atoms with Crippen LogP contribution >= 0.6 is 0 Å². The Labute approximate surface area is 97.2 Å². The van der Waals surface area contributed by atoms with E-state index in [0.29, 0.717) is 6.42 Å². The molecule has 1 aliphatic rings. The average molecular weight is 229 g/mol. The highest BCUT2D eigenvalue weighted by atomic mass is 16.3. The molecule has 3 N–H and O–H groups in total. The molecule has 16 heavy (non-hydrogen) atoms. The lowest BCUT2D eigenvalue weighted by molar-refractivity contribution is -0.0521. The van der Waals surface area contributed by atoms with E-state index in [-0.39, 0.29) is 25.2 Å². The van der Waals surface area contributed by atoms with Gasteiger partial charge in [0.2, 0.25) is 0 Å². The molecule has 94 valence electrons. The lowest BCUT2D eigenvalue weighted by Crippen LogP contribution is -2.54. The van der Waals surface area contributed by atoms with Crippen LogP contribution in [0.4, 0.5) is 0 Å². The predicted octanol–water partition coefficient (Wildman–Crippen LogP) is -0.0114. The Hall–Kier alpha value is -0.420. The monoisotopic (exact) mass is 229 g/mol.